The molecule has 3 nitrogen and oxygen atoms in total. The molecule has 0 aliphatic rings. The Labute approximate surface area is 100 Å². The number of nitrogens with one attached hydrogen (secondary N) is 2. The number of hydrogen-bond donors (Lipinski definition) is 2. The van der Waals surface area contributed by atoms with E-state index in [1.807, 2.05) is 13.0 Å². The highest BCUT2D eigenvalue weighted by Crippen LogP contribution is 2.25. The summed E-state index contributed by atoms with van der Waals surface area (Å²) in [4.78, 5) is 11.2. The predicted molar refractivity (Wildman–Crippen MR) is 61.9 cm³/mol. The van der Waals surface area contributed by atoms with Gasteiger partial charge in [-0.1, -0.05) is 12.1 Å². The largest absolute Gasteiger partial charge is 0.332 e. The number of urea groups is 1. The summed E-state index contributed by atoms with van der Waals surface area (Å²) in [7, 11) is 0. The number of benzene rings is 1. The van der Waals surface area contributed by atoms with Crippen molar-refractivity contribution in [3.8, 4) is 0 Å². The van der Waals surface area contributed by atoms with E-state index in [2.05, 4.69) is 26.6 Å². The van der Waals surface area contributed by atoms with E-state index in [-0.39, 0.29) is 0 Å². The molecule has 0 saturated heterocycles. The second-order valence-corrected chi connectivity index (χ2v) is 3.96. The molecule has 0 unspecified atom stereocenters. The van der Waals surface area contributed by atoms with E-state index < -0.39 is 19.0 Å². The predicted octanol–water partition coefficient (Wildman–Crippen LogP) is 3.14. The number of carbonyl (C=O) groups is 1. The zero-order valence-electron chi connectivity index (χ0n) is 8.56. The first-order valence-corrected chi connectivity index (χ1v) is 5.38. The van der Waals surface area contributed by atoms with Gasteiger partial charge in [-0.05, 0) is 34.5 Å². The van der Waals surface area contributed by atoms with E-state index in [9.17, 15) is 13.6 Å². The quantitative estimate of drug-likeness (QED) is 0.883. The number of carbonyl (C=O) groups excluding carboxylic acids is 1. The monoisotopic (exact) mass is 292 g/mol. The lowest BCUT2D eigenvalue weighted by Gasteiger charge is -2.10. The summed E-state index contributed by atoms with van der Waals surface area (Å²) in [5.74, 6) is 0. The Hall–Kier alpha value is -1.17. The molecule has 1 aromatic rings. The van der Waals surface area contributed by atoms with Gasteiger partial charge in [-0.3, -0.25) is 0 Å². The van der Waals surface area contributed by atoms with Gasteiger partial charge in [-0.25, -0.2) is 13.6 Å². The number of hydrogen-bond acceptors (Lipinski definition) is 1. The van der Waals surface area contributed by atoms with Crippen molar-refractivity contribution in [1.82, 2.24) is 5.32 Å². The van der Waals surface area contributed by atoms with Gasteiger partial charge < -0.3 is 10.6 Å². The van der Waals surface area contributed by atoms with Crippen LogP contribution in [0, 0.1) is 6.92 Å². The van der Waals surface area contributed by atoms with Gasteiger partial charge in [0, 0.05) is 4.47 Å². The average molecular weight is 293 g/mol. The van der Waals surface area contributed by atoms with Gasteiger partial charge in [0.1, 0.15) is 0 Å². The van der Waals surface area contributed by atoms with Crippen molar-refractivity contribution in [3.63, 3.8) is 0 Å². The SMILES string of the molecule is Cc1cccc(NC(=O)NCC(F)F)c1Br. The van der Waals surface area contributed by atoms with Crippen LogP contribution in [0.25, 0.3) is 0 Å². The number of anilines is 1. The number of amides is 2. The van der Waals surface area contributed by atoms with E-state index >= 15 is 0 Å². The molecule has 0 heterocycles. The lowest BCUT2D eigenvalue weighted by Crippen LogP contribution is -2.32. The molecule has 0 atom stereocenters. The molecule has 0 fully saturated rings. The zero-order valence-corrected chi connectivity index (χ0v) is 10.1. The third-order valence-electron chi connectivity index (χ3n) is 1.86. The van der Waals surface area contributed by atoms with Gasteiger partial charge in [-0.15, -0.1) is 0 Å². The van der Waals surface area contributed by atoms with E-state index in [4.69, 9.17) is 0 Å². The van der Waals surface area contributed by atoms with Gasteiger partial charge in [0.15, 0.2) is 0 Å². The van der Waals surface area contributed by atoms with Crippen LogP contribution in [0.3, 0.4) is 0 Å². The zero-order chi connectivity index (χ0) is 12.1. The topological polar surface area (TPSA) is 41.1 Å². The first-order chi connectivity index (χ1) is 7.50. The molecule has 0 spiro atoms. The highest BCUT2D eigenvalue weighted by Gasteiger charge is 2.08. The van der Waals surface area contributed by atoms with Gasteiger partial charge in [0.05, 0.1) is 12.2 Å². The summed E-state index contributed by atoms with van der Waals surface area (Å²) in [6.07, 6.45) is -2.55. The summed E-state index contributed by atoms with van der Waals surface area (Å²) in [6, 6.07) is 4.67. The Morgan fingerprint density at radius 1 is 1.50 bits per heavy atom. The van der Waals surface area contributed by atoms with E-state index in [1.165, 1.54) is 0 Å². The number of rotatable bonds is 3. The molecule has 6 heteroatoms. The molecule has 0 aliphatic carbocycles. The van der Waals surface area contributed by atoms with Crippen molar-refractivity contribution in [2.75, 3.05) is 11.9 Å². The molecule has 0 radical (unpaired) electrons. The Morgan fingerprint density at radius 2 is 2.19 bits per heavy atom. The van der Waals surface area contributed by atoms with Crippen molar-refractivity contribution >= 4 is 27.6 Å². The smallest absolute Gasteiger partial charge is 0.319 e. The van der Waals surface area contributed by atoms with Crippen LogP contribution in [-0.4, -0.2) is 19.0 Å². The molecule has 1 aromatic carbocycles. The minimum Gasteiger partial charge on any atom is -0.332 e. The van der Waals surface area contributed by atoms with E-state index in [1.54, 1.807) is 12.1 Å². The van der Waals surface area contributed by atoms with Crippen LogP contribution >= 0.6 is 15.9 Å². The fourth-order valence-electron chi connectivity index (χ4n) is 1.08. The summed E-state index contributed by atoms with van der Waals surface area (Å²) in [5, 5.41) is 4.53. The van der Waals surface area contributed by atoms with Crippen LogP contribution in [0.2, 0.25) is 0 Å². The van der Waals surface area contributed by atoms with Crippen molar-refractivity contribution < 1.29 is 13.6 Å². The van der Waals surface area contributed by atoms with Gasteiger partial charge in [0.25, 0.3) is 6.43 Å². The van der Waals surface area contributed by atoms with Crippen molar-refractivity contribution in [3.05, 3.63) is 28.2 Å². The fraction of sp³-hybridized carbons (Fsp3) is 0.300. The number of aryl methyl sites for hydroxylation is 1. The Kier molecular flexibility index (Phi) is 4.67. The van der Waals surface area contributed by atoms with Crippen molar-refractivity contribution in [1.29, 1.82) is 0 Å². The number of halogens is 3. The Bertz CT molecular complexity index is 385. The van der Waals surface area contributed by atoms with Gasteiger partial charge in [0.2, 0.25) is 0 Å². The van der Waals surface area contributed by atoms with E-state index in [0.717, 1.165) is 10.0 Å². The van der Waals surface area contributed by atoms with Crippen molar-refractivity contribution in [2.24, 2.45) is 0 Å². The third-order valence-corrected chi connectivity index (χ3v) is 2.91. The molecule has 88 valence electrons. The maximum absolute atomic E-state index is 11.8. The number of alkyl halides is 2. The highest BCUT2D eigenvalue weighted by molar-refractivity contribution is 9.10. The highest BCUT2D eigenvalue weighted by atomic mass is 79.9. The van der Waals surface area contributed by atoms with Crippen molar-refractivity contribution in [2.45, 2.75) is 13.3 Å². The second-order valence-electron chi connectivity index (χ2n) is 3.16. The first kappa shape index (κ1) is 12.9. The summed E-state index contributed by atoms with van der Waals surface area (Å²) < 4.78 is 24.4. The maximum Gasteiger partial charge on any atom is 0.319 e. The van der Waals surface area contributed by atoms with Crippen LogP contribution in [0.15, 0.2) is 22.7 Å². The summed E-state index contributed by atoms with van der Waals surface area (Å²) >= 11 is 3.30. The maximum atomic E-state index is 11.8. The van der Waals surface area contributed by atoms with Crippen LogP contribution in [0.4, 0.5) is 19.3 Å². The normalized spacial score (nSPS) is 10.3. The molecule has 0 saturated carbocycles. The van der Waals surface area contributed by atoms with Crippen LogP contribution < -0.4 is 10.6 Å². The Balaban J connectivity index is 2.59. The molecule has 16 heavy (non-hydrogen) atoms. The minimum absolute atomic E-state index is 0.548. The van der Waals surface area contributed by atoms with Gasteiger partial charge >= 0.3 is 6.03 Å². The first-order valence-electron chi connectivity index (χ1n) is 4.59. The lowest BCUT2D eigenvalue weighted by atomic mass is 10.2. The molecular formula is C10H11BrF2N2O. The average Bonchev–Trinajstić information content (AvgIpc) is 2.22. The van der Waals surface area contributed by atoms with Crippen LogP contribution in [0.5, 0.6) is 0 Å². The summed E-state index contributed by atoms with van der Waals surface area (Å²) in [5.41, 5.74) is 1.50. The summed E-state index contributed by atoms with van der Waals surface area (Å²) in [6.45, 7) is 1.21. The van der Waals surface area contributed by atoms with E-state index in [0.29, 0.717) is 5.69 Å². The molecule has 2 amide bonds. The molecule has 0 aliphatic heterocycles. The molecule has 0 aromatic heterocycles. The third kappa shape index (κ3) is 3.77. The molecule has 2 N–H and O–H groups in total. The minimum atomic E-state index is -2.55. The second kappa shape index (κ2) is 5.79. The fourth-order valence-corrected chi connectivity index (χ4v) is 1.44. The molecule has 1 rings (SSSR count). The molecule has 0 bridgehead atoms. The lowest BCUT2D eigenvalue weighted by molar-refractivity contribution is 0.148. The molecular weight excluding hydrogens is 282 g/mol. The van der Waals surface area contributed by atoms with Crippen LogP contribution in [-0.2, 0) is 0 Å². The Morgan fingerprint density at radius 3 is 2.81 bits per heavy atom. The van der Waals surface area contributed by atoms with Crippen LogP contribution in [0.1, 0.15) is 5.56 Å². The standard InChI is InChI=1S/C10H11BrF2N2O/c1-6-3-2-4-7(9(6)11)15-10(16)14-5-8(12)13/h2-4,8H,5H2,1H3,(H2,14,15,16). The van der Waals surface area contributed by atoms with Gasteiger partial charge in [-0.2, -0.15) is 0 Å².